The van der Waals surface area contributed by atoms with E-state index in [0.29, 0.717) is 13.0 Å². The van der Waals surface area contributed by atoms with Crippen LogP contribution in [-0.4, -0.2) is 13.7 Å². The molecule has 0 aromatic heterocycles. The molecule has 0 bridgehead atoms. The summed E-state index contributed by atoms with van der Waals surface area (Å²) in [6.45, 7) is 2.17. The summed E-state index contributed by atoms with van der Waals surface area (Å²) in [4.78, 5) is 0. The van der Waals surface area contributed by atoms with Crippen LogP contribution in [0.2, 0.25) is 0 Å². The third kappa shape index (κ3) is 2.32. The summed E-state index contributed by atoms with van der Waals surface area (Å²) in [5.74, 6) is -3.72. The second-order valence-electron chi connectivity index (χ2n) is 4.03. The van der Waals surface area contributed by atoms with Gasteiger partial charge in [0.1, 0.15) is 0 Å². The zero-order chi connectivity index (χ0) is 14.0. The summed E-state index contributed by atoms with van der Waals surface area (Å²) in [5, 5.41) is -0.205. The molecule has 0 heterocycles. The van der Waals surface area contributed by atoms with Crippen molar-refractivity contribution in [2.45, 2.75) is 13.3 Å². The molecule has 0 N–H and O–H groups in total. The maximum absolute atomic E-state index is 14.1. The first kappa shape index (κ1) is 13.5. The van der Waals surface area contributed by atoms with Gasteiger partial charge < -0.3 is 9.47 Å². The Kier molecular flexibility index (Phi) is 3.83. The number of rotatable bonds is 4. The van der Waals surface area contributed by atoms with Crippen LogP contribution in [0.1, 0.15) is 13.3 Å². The highest BCUT2D eigenvalue weighted by Gasteiger charge is 2.19. The Morgan fingerprint density at radius 3 is 2.37 bits per heavy atom. The van der Waals surface area contributed by atoms with E-state index in [1.165, 1.54) is 25.3 Å². The van der Waals surface area contributed by atoms with Crippen molar-refractivity contribution < 1.29 is 22.6 Å². The Morgan fingerprint density at radius 1 is 1.00 bits per heavy atom. The normalized spacial score (nSPS) is 10.8. The van der Waals surface area contributed by atoms with Gasteiger partial charge in [0.25, 0.3) is 0 Å². The van der Waals surface area contributed by atoms with Crippen molar-refractivity contribution in [2.75, 3.05) is 13.7 Å². The molecule has 19 heavy (non-hydrogen) atoms. The third-order valence-electron chi connectivity index (χ3n) is 2.74. The van der Waals surface area contributed by atoms with E-state index in [0.717, 1.165) is 0 Å². The molecule has 2 aromatic carbocycles. The van der Waals surface area contributed by atoms with E-state index < -0.39 is 22.8 Å². The second-order valence-corrected chi connectivity index (χ2v) is 4.03. The Bertz CT molecular complexity index is 611. The second kappa shape index (κ2) is 5.38. The Balaban J connectivity index is 2.65. The summed E-state index contributed by atoms with van der Waals surface area (Å²) >= 11 is 0. The standard InChI is InChI=1S/C14H13F3O2/c1-3-6-19-9-5-4-8-7-10(18-2)13(16)14(17)11(8)12(9)15/h4-5,7H,3,6H2,1-2H3. The van der Waals surface area contributed by atoms with Gasteiger partial charge in [0.2, 0.25) is 5.82 Å². The highest BCUT2D eigenvalue weighted by molar-refractivity contribution is 5.86. The molecule has 0 fully saturated rings. The lowest BCUT2D eigenvalue weighted by Crippen LogP contribution is -2.00. The van der Waals surface area contributed by atoms with E-state index in [-0.39, 0.29) is 16.9 Å². The van der Waals surface area contributed by atoms with Crippen molar-refractivity contribution in [3.8, 4) is 11.5 Å². The van der Waals surface area contributed by atoms with E-state index in [4.69, 9.17) is 9.47 Å². The molecular weight excluding hydrogens is 257 g/mol. The Hall–Kier alpha value is -1.91. The lowest BCUT2D eigenvalue weighted by molar-refractivity contribution is 0.302. The van der Waals surface area contributed by atoms with Crippen molar-refractivity contribution >= 4 is 10.8 Å². The number of ether oxygens (including phenoxy) is 2. The highest BCUT2D eigenvalue weighted by Crippen LogP contribution is 2.33. The van der Waals surface area contributed by atoms with Crippen molar-refractivity contribution in [3.63, 3.8) is 0 Å². The molecule has 0 atom stereocenters. The van der Waals surface area contributed by atoms with Crippen LogP contribution in [0.15, 0.2) is 18.2 Å². The topological polar surface area (TPSA) is 18.5 Å². The predicted molar refractivity (Wildman–Crippen MR) is 66.2 cm³/mol. The van der Waals surface area contributed by atoms with Gasteiger partial charge >= 0.3 is 0 Å². The zero-order valence-corrected chi connectivity index (χ0v) is 10.6. The van der Waals surface area contributed by atoms with Crippen molar-refractivity contribution in [2.24, 2.45) is 0 Å². The molecule has 0 unspecified atom stereocenters. The smallest absolute Gasteiger partial charge is 0.201 e. The summed E-state index contributed by atoms with van der Waals surface area (Å²) in [5.41, 5.74) is 0. The molecule has 0 amide bonds. The minimum Gasteiger partial charge on any atom is -0.494 e. The Morgan fingerprint density at radius 2 is 1.74 bits per heavy atom. The van der Waals surface area contributed by atoms with Crippen LogP contribution in [0.25, 0.3) is 10.8 Å². The molecule has 0 saturated heterocycles. The van der Waals surface area contributed by atoms with Crippen molar-refractivity contribution in [1.82, 2.24) is 0 Å². The van der Waals surface area contributed by atoms with E-state index in [2.05, 4.69) is 0 Å². The van der Waals surface area contributed by atoms with Crippen molar-refractivity contribution in [1.29, 1.82) is 0 Å². The van der Waals surface area contributed by atoms with Crippen LogP contribution in [0.5, 0.6) is 11.5 Å². The summed E-state index contributed by atoms with van der Waals surface area (Å²) in [6.07, 6.45) is 0.691. The van der Waals surface area contributed by atoms with Crippen LogP contribution in [-0.2, 0) is 0 Å². The quantitative estimate of drug-likeness (QED) is 0.834. The molecule has 0 aliphatic heterocycles. The molecule has 102 valence electrons. The monoisotopic (exact) mass is 270 g/mol. The summed E-state index contributed by atoms with van der Waals surface area (Å²) in [7, 11) is 1.22. The first-order chi connectivity index (χ1) is 9.10. The van der Waals surface area contributed by atoms with Gasteiger partial charge in [0.15, 0.2) is 23.1 Å². The molecule has 0 saturated carbocycles. The fourth-order valence-electron chi connectivity index (χ4n) is 1.81. The molecule has 2 rings (SSSR count). The Labute approximate surface area is 108 Å². The van der Waals surface area contributed by atoms with E-state index in [1.807, 2.05) is 6.92 Å². The molecule has 5 heteroatoms. The summed E-state index contributed by atoms with van der Waals surface area (Å²) in [6, 6.07) is 4.11. The number of benzene rings is 2. The molecule has 2 aromatic rings. The van der Waals surface area contributed by atoms with Gasteiger partial charge in [-0.3, -0.25) is 0 Å². The van der Waals surface area contributed by atoms with Crippen LogP contribution in [0.4, 0.5) is 13.2 Å². The van der Waals surface area contributed by atoms with Gasteiger partial charge in [-0.05, 0) is 23.9 Å². The summed E-state index contributed by atoms with van der Waals surface area (Å²) < 4.78 is 51.4. The van der Waals surface area contributed by atoms with Crippen LogP contribution >= 0.6 is 0 Å². The van der Waals surface area contributed by atoms with Gasteiger partial charge in [-0.1, -0.05) is 13.0 Å². The molecular formula is C14H13F3O2. The largest absolute Gasteiger partial charge is 0.494 e. The van der Waals surface area contributed by atoms with E-state index in [1.54, 1.807) is 0 Å². The fraction of sp³-hybridized carbons (Fsp3) is 0.286. The predicted octanol–water partition coefficient (Wildman–Crippen LogP) is 4.05. The van der Waals surface area contributed by atoms with Gasteiger partial charge in [-0.25, -0.2) is 8.78 Å². The van der Waals surface area contributed by atoms with Gasteiger partial charge in [-0.2, -0.15) is 4.39 Å². The SMILES string of the molecule is CCCOc1ccc2cc(OC)c(F)c(F)c2c1F. The minimum atomic E-state index is -1.27. The lowest BCUT2D eigenvalue weighted by Gasteiger charge is -2.11. The van der Waals surface area contributed by atoms with Crippen LogP contribution in [0.3, 0.4) is 0 Å². The number of hydrogen-bond acceptors (Lipinski definition) is 2. The minimum absolute atomic E-state index is 0.0854. The molecule has 2 nitrogen and oxygen atoms in total. The third-order valence-corrected chi connectivity index (χ3v) is 2.74. The highest BCUT2D eigenvalue weighted by atomic mass is 19.2. The first-order valence-electron chi connectivity index (χ1n) is 5.87. The lowest BCUT2D eigenvalue weighted by atomic mass is 10.1. The maximum Gasteiger partial charge on any atom is 0.201 e. The number of halogens is 3. The van der Waals surface area contributed by atoms with Crippen LogP contribution < -0.4 is 9.47 Å². The molecule has 0 aliphatic rings. The van der Waals surface area contributed by atoms with Crippen molar-refractivity contribution in [3.05, 3.63) is 35.7 Å². The van der Waals surface area contributed by atoms with Crippen LogP contribution in [0, 0.1) is 17.5 Å². The first-order valence-corrected chi connectivity index (χ1v) is 5.87. The van der Waals surface area contributed by atoms with Gasteiger partial charge in [0, 0.05) is 0 Å². The van der Waals surface area contributed by atoms with E-state index >= 15 is 0 Å². The molecule has 0 spiro atoms. The number of methoxy groups -OCH3 is 1. The molecule has 0 aliphatic carbocycles. The zero-order valence-electron chi connectivity index (χ0n) is 10.6. The number of fused-ring (bicyclic) bond motifs is 1. The number of hydrogen-bond donors (Lipinski definition) is 0. The average Bonchev–Trinajstić information content (AvgIpc) is 2.41. The fourth-order valence-corrected chi connectivity index (χ4v) is 1.81. The van der Waals surface area contributed by atoms with E-state index in [9.17, 15) is 13.2 Å². The average molecular weight is 270 g/mol. The van der Waals surface area contributed by atoms with Gasteiger partial charge in [0.05, 0.1) is 19.1 Å². The maximum atomic E-state index is 14.1. The molecule has 0 radical (unpaired) electrons. The van der Waals surface area contributed by atoms with Gasteiger partial charge in [-0.15, -0.1) is 0 Å².